The maximum Gasteiger partial charge on any atom is 0.235 e. The monoisotopic (exact) mass is 448 g/mol. The first-order valence-corrected chi connectivity index (χ1v) is 10.3. The Morgan fingerprint density at radius 1 is 1.00 bits per heavy atom. The number of nitrogens with zero attached hydrogens (tertiary/aromatic N) is 1. The minimum absolute atomic E-state index is 0.0970. The topological polar surface area (TPSA) is 104 Å². The molecule has 4 rings (SSSR count). The van der Waals surface area contributed by atoms with Crippen molar-refractivity contribution in [2.45, 2.75) is 20.5 Å². The SMILES string of the molecule is CCOc1ccccc1Oc1c(C)oc2cc(OCc3ccc(N([O-])O)cc3)ccc2c1=O. The van der Waals surface area contributed by atoms with Crippen molar-refractivity contribution in [3.8, 4) is 23.0 Å². The lowest BCUT2D eigenvalue weighted by atomic mass is 10.2. The summed E-state index contributed by atoms with van der Waals surface area (Å²) in [4.78, 5) is 13.1. The van der Waals surface area contributed by atoms with Crippen LogP contribution in [0.25, 0.3) is 11.0 Å². The number of ether oxygens (including phenoxy) is 3. The minimum atomic E-state index is -0.298. The number of anilines is 1. The molecule has 0 bridgehead atoms. The van der Waals surface area contributed by atoms with E-state index in [2.05, 4.69) is 0 Å². The van der Waals surface area contributed by atoms with Crippen LogP contribution in [-0.4, -0.2) is 11.8 Å². The Morgan fingerprint density at radius 3 is 2.42 bits per heavy atom. The third-order valence-corrected chi connectivity index (χ3v) is 4.91. The molecule has 4 aromatic rings. The van der Waals surface area contributed by atoms with Crippen molar-refractivity contribution in [3.05, 3.63) is 93.5 Å². The zero-order valence-electron chi connectivity index (χ0n) is 18.1. The number of aryl methyl sites for hydroxylation is 1. The second-order valence-corrected chi connectivity index (χ2v) is 7.18. The summed E-state index contributed by atoms with van der Waals surface area (Å²) in [6, 6.07) is 18.4. The summed E-state index contributed by atoms with van der Waals surface area (Å²) in [6.07, 6.45) is 0. The van der Waals surface area contributed by atoms with Crippen LogP contribution >= 0.6 is 0 Å². The van der Waals surface area contributed by atoms with E-state index in [-0.39, 0.29) is 28.7 Å². The predicted molar refractivity (Wildman–Crippen MR) is 123 cm³/mol. The van der Waals surface area contributed by atoms with Gasteiger partial charge in [-0.25, -0.2) is 0 Å². The Kier molecular flexibility index (Phi) is 6.48. The fourth-order valence-corrected chi connectivity index (χ4v) is 3.28. The Balaban J connectivity index is 1.56. The molecule has 0 fully saturated rings. The van der Waals surface area contributed by atoms with Crippen molar-refractivity contribution in [2.24, 2.45) is 0 Å². The largest absolute Gasteiger partial charge is 0.733 e. The average molecular weight is 448 g/mol. The van der Waals surface area contributed by atoms with Crippen LogP contribution in [0.3, 0.4) is 0 Å². The fraction of sp³-hybridized carbons (Fsp3) is 0.160. The molecule has 0 saturated carbocycles. The van der Waals surface area contributed by atoms with Gasteiger partial charge in [-0.1, -0.05) is 24.3 Å². The van der Waals surface area contributed by atoms with Crippen LogP contribution < -0.4 is 24.9 Å². The maximum absolute atomic E-state index is 13.1. The summed E-state index contributed by atoms with van der Waals surface area (Å²) in [5.74, 6) is 1.91. The van der Waals surface area contributed by atoms with Crippen molar-refractivity contribution >= 4 is 16.7 Å². The molecule has 1 aromatic heterocycles. The highest BCUT2D eigenvalue weighted by Crippen LogP contribution is 2.33. The van der Waals surface area contributed by atoms with Gasteiger partial charge in [0.25, 0.3) is 0 Å². The molecule has 3 aromatic carbocycles. The zero-order chi connectivity index (χ0) is 23.4. The molecule has 0 spiro atoms. The van der Waals surface area contributed by atoms with Gasteiger partial charge >= 0.3 is 0 Å². The van der Waals surface area contributed by atoms with Gasteiger partial charge in [0.1, 0.15) is 23.7 Å². The number of benzene rings is 3. The third-order valence-electron chi connectivity index (χ3n) is 4.91. The van der Waals surface area contributed by atoms with Crippen molar-refractivity contribution in [2.75, 3.05) is 11.8 Å². The van der Waals surface area contributed by atoms with E-state index in [4.69, 9.17) is 23.8 Å². The van der Waals surface area contributed by atoms with E-state index in [1.54, 1.807) is 55.5 Å². The van der Waals surface area contributed by atoms with Gasteiger partial charge in [-0.05, 0) is 55.8 Å². The second-order valence-electron chi connectivity index (χ2n) is 7.18. The minimum Gasteiger partial charge on any atom is -0.733 e. The smallest absolute Gasteiger partial charge is 0.235 e. The molecule has 8 heteroatoms. The van der Waals surface area contributed by atoms with E-state index in [1.165, 1.54) is 12.1 Å². The number of fused-ring (bicyclic) bond motifs is 1. The molecule has 33 heavy (non-hydrogen) atoms. The number of hydrogen-bond donors (Lipinski definition) is 1. The van der Waals surface area contributed by atoms with Crippen molar-refractivity contribution in [1.82, 2.24) is 0 Å². The van der Waals surface area contributed by atoms with E-state index < -0.39 is 0 Å². The molecule has 0 aliphatic rings. The molecule has 0 aliphatic carbocycles. The Labute approximate surface area is 189 Å². The number of hydrogen-bond acceptors (Lipinski definition) is 8. The summed E-state index contributed by atoms with van der Waals surface area (Å²) in [5, 5.41) is 19.9. The Bertz CT molecular complexity index is 1310. The first kappa shape index (κ1) is 22.2. The lowest BCUT2D eigenvalue weighted by Crippen LogP contribution is -2.08. The quantitative estimate of drug-likeness (QED) is 0.349. The van der Waals surface area contributed by atoms with Crippen LogP contribution in [0.5, 0.6) is 23.0 Å². The predicted octanol–water partition coefficient (Wildman–Crippen LogP) is 5.56. The molecule has 0 atom stereocenters. The first-order chi connectivity index (χ1) is 16.0. The normalized spacial score (nSPS) is 10.8. The molecule has 0 saturated heterocycles. The molecule has 0 radical (unpaired) electrons. The number of rotatable bonds is 8. The number of para-hydroxylation sites is 2. The van der Waals surface area contributed by atoms with Crippen molar-refractivity contribution < 1.29 is 23.8 Å². The molecule has 170 valence electrons. The molecule has 0 amide bonds. The summed E-state index contributed by atoms with van der Waals surface area (Å²) in [6.45, 7) is 4.23. The van der Waals surface area contributed by atoms with Gasteiger partial charge in [0.05, 0.1) is 17.7 Å². The van der Waals surface area contributed by atoms with Crippen molar-refractivity contribution in [1.29, 1.82) is 0 Å². The van der Waals surface area contributed by atoms with Crippen LogP contribution in [-0.2, 0) is 6.61 Å². The molecule has 8 nitrogen and oxygen atoms in total. The van der Waals surface area contributed by atoms with E-state index >= 15 is 0 Å². The van der Waals surface area contributed by atoms with E-state index in [9.17, 15) is 10.0 Å². The fourth-order valence-electron chi connectivity index (χ4n) is 3.28. The summed E-state index contributed by atoms with van der Waals surface area (Å²) < 4.78 is 23.1. The van der Waals surface area contributed by atoms with Gasteiger partial charge in [-0.2, -0.15) is 0 Å². The van der Waals surface area contributed by atoms with Gasteiger partial charge in [0.2, 0.25) is 11.2 Å². The molecule has 0 unspecified atom stereocenters. The van der Waals surface area contributed by atoms with Crippen LogP contribution in [0, 0.1) is 12.1 Å². The van der Waals surface area contributed by atoms with Gasteiger partial charge in [-0.15, -0.1) is 0 Å². The highest BCUT2D eigenvalue weighted by molar-refractivity contribution is 5.79. The lowest BCUT2D eigenvalue weighted by Gasteiger charge is -2.21. The summed E-state index contributed by atoms with van der Waals surface area (Å²) in [7, 11) is 0. The van der Waals surface area contributed by atoms with Gasteiger partial charge in [-0.3, -0.25) is 10.0 Å². The van der Waals surface area contributed by atoms with Gasteiger partial charge < -0.3 is 29.1 Å². The van der Waals surface area contributed by atoms with Gasteiger partial charge in [0, 0.05) is 6.07 Å². The van der Waals surface area contributed by atoms with Crippen LogP contribution in [0.2, 0.25) is 0 Å². The highest BCUT2D eigenvalue weighted by Gasteiger charge is 2.16. The van der Waals surface area contributed by atoms with E-state index in [1.807, 2.05) is 13.0 Å². The highest BCUT2D eigenvalue weighted by atomic mass is 16.8. The van der Waals surface area contributed by atoms with Crippen LogP contribution in [0.15, 0.2) is 75.9 Å². The molecular formula is C25H22NO7-. The molecular weight excluding hydrogens is 426 g/mol. The standard InChI is InChI=1S/C25H22NO7/c1-3-30-21-6-4-5-7-22(21)33-25-16(2)32-23-14-19(12-13-20(23)24(25)27)31-15-17-8-10-18(11-9-17)26(28)29/h4-14,28H,3,15H2,1-2H3/q-1. The van der Waals surface area contributed by atoms with Gasteiger partial charge in [0.15, 0.2) is 11.5 Å². The summed E-state index contributed by atoms with van der Waals surface area (Å²) in [5.41, 5.74) is 1.00. The zero-order valence-corrected chi connectivity index (χ0v) is 18.1. The van der Waals surface area contributed by atoms with Crippen LogP contribution in [0.1, 0.15) is 18.2 Å². The third kappa shape index (κ3) is 4.92. The molecule has 1 heterocycles. The maximum atomic E-state index is 13.1. The van der Waals surface area contributed by atoms with E-state index in [0.29, 0.717) is 40.6 Å². The van der Waals surface area contributed by atoms with E-state index in [0.717, 1.165) is 5.56 Å². The lowest BCUT2D eigenvalue weighted by molar-refractivity contribution is 0.295. The average Bonchev–Trinajstić information content (AvgIpc) is 2.81. The Hall–Kier alpha value is -4.01. The Morgan fingerprint density at radius 2 is 1.73 bits per heavy atom. The van der Waals surface area contributed by atoms with Crippen LogP contribution in [0.4, 0.5) is 5.69 Å². The van der Waals surface area contributed by atoms with Crippen molar-refractivity contribution in [3.63, 3.8) is 0 Å². The first-order valence-electron chi connectivity index (χ1n) is 10.3. The second kappa shape index (κ2) is 9.64. The molecule has 1 N–H and O–H groups in total. The summed E-state index contributed by atoms with van der Waals surface area (Å²) >= 11 is 0. The molecule has 0 aliphatic heterocycles.